The van der Waals surface area contributed by atoms with E-state index in [0.717, 1.165) is 0 Å². The highest BCUT2D eigenvalue weighted by Crippen LogP contribution is 1.94. The average molecular weight is 521 g/mol. The SMILES string of the molecule is O=C(CCS)OCCOCCOC(=O)CCS.O=C(CS)OCCCCOC(=O)CS. The zero-order valence-corrected chi connectivity index (χ0v) is 20.9. The Morgan fingerprint density at radius 3 is 1.16 bits per heavy atom. The Balaban J connectivity index is 0. The van der Waals surface area contributed by atoms with Gasteiger partial charge in [-0.05, 0) is 12.8 Å². The molecule has 0 spiro atoms. The summed E-state index contributed by atoms with van der Waals surface area (Å²) in [5.74, 6) is -0.112. The van der Waals surface area contributed by atoms with Crippen molar-refractivity contribution in [3.05, 3.63) is 0 Å². The zero-order valence-electron chi connectivity index (χ0n) is 17.4. The minimum absolute atomic E-state index is 0.0919. The van der Waals surface area contributed by atoms with Crippen LogP contribution in [0.4, 0.5) is 0 Å². The summed E-state index contributed by atoms with van der Waals surface area (Å²) in [6.07, 6.45) is 1.95. The summed E-state index contributed by atoms with van der Waals surface area (Å²) in [6.45, 7) is 1.69. The van der Waals surface area contributed by atoms with Gasteiger partial charge < -0.3 is 23.7 Å². The number of hydrogen-bond donors (Lipinski definition) is 4. The molecular weight excluding hydrogens is 488 g/mol. The van der Waals surface area contributed by atoms with Crippen molar-refractivity contribution in [3.8, 4) is 0 Å². The average Bonchev–Trinajstić information content (AvgIpc) is 2.75. The largest absolute Gasteiger partial charge is 0.465 e. The van der Waals surface area contributed by atoms with E-state index >= 15 is 0 Å². The monoisotopic (exact) mass is 520 g/mol. The number of unbranched alkanes of at least 4 members (excludes halogenated alkanes) is 1. The molecule has 0 saturated heterocycles. The van der Waals surface area contributed by atoms with E-state index in [2.05, 4.69) is 50.5 Å². The molecule has 0 aromatic rings. The summed E-state index contributed by atoms with van der Waals surface area (Å²) in [5, 5.41) is 0. The lowest BCUT2D eigenvalue weighted by Crippen LogP contribution is -2.14. The van der Waals surface area contributed by atoms with Gasteiger partial charge >= 0.3 is 23.9 Å². The van der Waals surface area contributed by atoms with Gasteiger partial charge in [-0.25, -0.2) is 0 Å². The fourth-order valence-corrected chi connectivity index (χ4v) is 2.07. The van der Waals surface area contributed by atoms with Gasteiger partial charge in [0.15, 0.2) is 0 Å². The van der Waals surface area contributed by atoms with Crippen LogP contribution in [-0.4, -0.2) is 86.5 Å². The Bertz CT molecular complexity index is 451. The molecule has 0 aromatic carbocycles. The number of carbonyl (C=O) groups excluding carboxylic acids is 4. The van der Waals surface area contributed by atoms with Crippen molar-refractivity contribution >= 4 is 74.4 Å². The molecule has 0 atom stereocenters. The Morgan fingerprint density at radius 1 is 0.484 bits per heavy atom. The van der Waals surface area contributed by atoms with Gasteiger partial charge in [0.1, 0.15) is 13.2 Å². The molecule has 13 heteroatoms. The summed E-state index contributed by atoms with van der Waals surface area (Å²) in [7, 11) is 0. The first-order valence-corrected chi connectivity index (χ1v) is 12.1. The van der Waals surface area contributed by atoms with E-state index in [0.29, 0.717) is 63.6 Å². The van der Waals surface area contributed by atoms with Crippen LogP contribution in [0.15, 0.2) is 0 Å². The van der Waals surface area contributed by atoms with Crippen LogP contribution in [0.5, 0.6) is 0 Å². The summed E-state index contributed by atoms with van der Waals surface area (Å²) < 4.78 is 24.2. The van der Waals surface area contributed by atoms with Gasteiger partial charge in [-0.3, -0.25) is 19.2 Å². The first kappa shape index (κ1) is 32.4. The fraction of sp³-hybridized carbons (Fsp3) is 0.778. The van der Waals surface area contributed by atoms with Gasteiger partial charge in [0.2, 0.25) is 0 Å². The van der Waals surface area contributed by atoms with Crippen LogP contribution in [0.2, 0.25) is 0 Å². The van der Waals surface area contributed by atoms with Gasteiger partial charge in [-0.2, -0.15) is 50.5 Å². The molecule has 0 radical (unpaired) electrons. The van der Waals surface area contributed by atoms with Crippen LogP contribution in [0.25, 0.3) is 0 Å². The quantitative estimate of drug-likeness (QED) is 0.0979. The number of rotatable bonds is 17. The van der Waals surface area contributed by atoms with Crippen molar-refractivity contribution in [2.45, 2.75) is 25.7 Å². The fourth-order valence-electron chi connectivity index (χ4n) is 1.53. The van der Waals surface area contributed by atoms with Gasteiger partial charge in [0.25, 0.3) is 0 Å². The molecule has 0 heterocycles. The third kappa shape index (κ3) is 27.2. The molecule has 182 valence electrons. The van der Waals surface area contributed by atoms with Crippen molar-refractivity contribution in [2.75, 3.05) is 62.7 Å². The first-order valence-electron chi connectivity index (χ1n) is 9.54. The Hall–Kier alpha value is -0.760. The van der Waals surface area contributed by atoms with E-state index in [1.807, 2.05) is 0 Å². The van der Waals surface area contributed by atoms with Crippen LogP contribution < -0.4 is 0 Å². The van der Waals surface area contributed by atoms with Crippen LogP contribution in [-0.2, 0) is 42.9 Å². The molecule has 0 aromatic heterocycles. The molecule has 0 amide bonds. The molecule has 0 fully saturated rings. The Labute approximate surface area is 205 Å². The molecule has 0 unspecified atom stereocenters. The van der Waals surface area contributed by atoms with Gasteiger partial charge in [-0.15, -0.1) is 0 Å². The molecule has 0 bridgehead atoms. The molecule has 0 aliphatic rings. The van der Waals surface area contributed by atoms with E-state index in [-0.39, 0.29) is 48.6 Å². The predicted octanol–water partition coefficient (Wildman–Crippen LogP) is 1.44. The smallest absolute Gasteiger partial charge is 0.315 e. The molecule has 0 saturated carbocycles. The molecule has 0 aliphatic heterocycles. The Morgan fingerprint density at radius 2 is 0.839 bits per heavy atom. The Kier molecular flexibility index (Phi) is 26.7. The number of hydrogen-bond acceptors (Lipinski definition) is 13. The summed E-state index contributed by atoms with van der Waals surface area (Å²) in [5.41, 5.74) is 0. The summed E-state index contributed by atoms with van der Waals surface area (Å²) in [4.78, 5) is 43.0. The number of esters is 4. The van der Waals surface area contributed by atoms with Crippen molar-refractivity contribution < 1.29 is 42.9 Å². The van der Waals surface area contributed by atoms with E-state index in [1.165, 1.54) is 0 Å². The second-order valence-electron chi connectivity index (χ2n) is 5.46. The van der Waals surface area contributed by atoms with Gasteiger partial charge in [0, 0.05) is 11.5 Å². The van der Waals surface area contributed by atoms with E-state index < -0.39 is 0 Å². The van der Waals surface area contributed by atoms with E-state index in [1.54, 1.807) is 0 Å². The molecule has 0 N–H and O–H groups in total. The highest BCUT2D eigenvalue weighted by molar-refractivity contribution is 7.81. The predicted molar refractivity (Wildman–Crippen MR) is 129 cm³/mol. The van der Waals surface area contributed by atoms with Crippen LogP contribution >= 0.6 is 50.5 Å². The number of ether oxygens (including phenoxy) is 5. The van der Waals surface area contributed by atoms with Crippen molar-refractivity contribution in [3.63, 3.8) is 0 Å². The highest BCUT2D eigenvalue weighted by Gasteiger charge is 2.02. The summed E-state index contributed by atoms with van der Waals surface area (Å²) in [6, 6.07) is 0. The number of thiol groups is 4. The van der Waals surface area contributed by atoms with Gasteiger partial charge in [-0.1, -0.05) is 0 Å². The van der Waals surface area contributed by atoms with Crippen molar-refractivity contribution in [1.82, 2.24) is 0 Å². The lowest BCUT2D eigenvalue weighted by Gasteiger charge is -2.06. The normalized spacial score (nSPS) is 9.81. The second-order valence-corrected chi connectivity index (χ2v) is 6.99. The van der Waals surface area contributed by atoms with E-state index in [9.17, 15) is 19.2 Å². The third-order valence-electron chi connectivity index (χ3n) is 2.94. The summed E-state index contributed by atoms with van der Waals surface area (Å²) >= 11 is 15.3. The minimum atomic E-state index is -0.333. The molecule has 0 rings (SSSR count). The zero-order chi connectivity index (χ0) is 23.7. The maximum atomic E-state index is 10.9. The van der Waals surface area contributed by atoms with Crippen LogP contribution in [0, 0.1) is 0 Å². The molecule has 31 heavy (non-hydrogen) atoms. The van der Waals surface area contributed by atoms with Crippen molar-refractivity contribution in [1.29, 1.82) is 0 Å². The maximum Gasteiger partial charge on any atom is 0.315 e. The second kappa shape index (κ2) is 25.5. The lowest BCUT2D eigenvalue weighted by atomic mass is 10.3. The molecule has 0 aliphatic carbocycles. The first-order chi connectivity index (χ1) is 14.9. The highest BCUT2D eigenvalue weighted by atomic mass is 32.1. The minimum Gasteiger partial charge on any atom is -0.465 e. The molecular formula is C18H32O9S4. The molecule has 9 nitrogen and oxygen atoms in total. The maximum absolute atomic E-state index is 10.9. The number of carbonyl (C=O) groups is 4. The topological polar surface area (TPSA) is 114 Å². The third-order valence-corrected chi connectivity index (χ3v) is 3.90. The van der Waals surface area contributed by atoms with Crippen molar-refractivity contribution in [2.24, 2.45) is 0 Å². The van der Waals surface area contributed by atoms with Crippen LogP contribution in [0.3, 0.4) is 0 Å². The van der Waals surface area contributed by atoms with E-state index in [4.69, 9.17) is 23.7 Å². The van der Waals surface area contributed by atoms with Crippen LogP contribution in [0.1, 0.15) is 25.7 Å². The lowest BCUT2D eigenvalue weighted by molar-refractivity contribution is -0.146. The standard InChI is InChI=1S/C10H18O5S2.C8H14O4S2/c11-9(1-7-16)14-5-3-13-4-6-15-10(12)2-8-17;9-7(5-13)11-3-1-2-4-12-8(10)6-14/h16-17H,1-8H2;13-14H,1-6H2. The van der Waals surface area contributed by atoms with Gasteiger partial charge in [0.05, 0.1) is 50.8 Å².